The molecule has 21 heavy (non-hydrogen) atoms. The Hall–Kier alpha value is -1.38. The smallest absolute Gasteiger partial charge is 0.287 e. The number of hydrogen-bond acceptors (Lipinski definition) is 5. The lowest BCUT2D eigenvalue weighted by molar-refractivity contribution is 0.0925. The van der Waals surface area contributed by atoms with Crippen LogP contribution in [0, 0.1) is 6.92 Å². The van der Waals surface area contributed by atoms with Crippen molar-refractivity contribution in [3.63, 3.8) is 0 Å². The van der Waals surface area contributed by atoms with Gasteiger partial charge in [-0.1, -0.05) is 6.92 Å². The number of sulfonamides is 1. The van der Waals surface area contributed by atoms with Crippen LogP contribution in [0.3, 0.4) is 0 Å². The Morgan fingerprint density at radius 2 is 1.95 bits per heavy atom. The lowest BCUT2D eigenvalue weighted by Crippen LogP contribution is -2.31. The molecule has 0 bridgehead atoms. The van der Waals surface area contributed by atoms with Gasteiger partial charge in [-0.2, -0.15) is 0 Å². The summed E-state index contributed by atoms with van der Waals surface area (Å²) < 4.78 is 30.4. The summed E-state index contributed by atoms with van der Waals surface area (Å²) in [6.45, 7) is 5.58. The summed E-state index contributed by atoms with van der Waals surface area (Å²) in [4.78, 5) is 11.9. The molecule has 0 radical (unpaired) electrons. The molecule has 8 heteroatoms. The van der Waals surface area contributed by atoms with Gasteiger partial charge in [-0.05, 0) is 19.9 Å². The molecule has 0 atom stereocenters. The molecule has 0 fully saturated rings. The van der Waals surface area contributed by atoms with Crippen molar-refractivity contribution in [2.24, 2.45) is 0 Å². The number of carbonyl (C=O) groups excluding carboxylic acids is 1. The summed E-state index contributed by atoms with van der Waals surface area (Å²) in [5.74, 6) is -0.210. The van der Waals surface area contributed by atoms with E-state index in [-0.39, 0.29) is 16.4 Å². The van der Waals surface area contributed by atoms with Crippen LogP contribution in [-0.2, 0) is 10.0 Å². The Morgan fingerprint density at radius 1 is 1.29 bits per heavy atom. The Bertz CT molecular complexity index is 578. The van der Waals surface area contributed by atoms with E-state index in [1.54, 1.807) is 0 Å². The maximum Gasteiger partial charge on any atom is 0.287 e. The highest BCUT2D eigenvalue weighted by Crippen LogP contribution is 2.22. The van der Waals surface area contributed by atoms with E-state index < -0.39 is 15.9 Å². The van der Waals surface area contributed by atoms with E-state index in [4.69, 9.17) is 4.42 Å². The molecule has 0 aliphatic carbocycles. The van der Waals surface area contributed by atoms with Crippen LogP contribution < -0.4 is 10.6 Å². The fourth-order valence-corrected chi connectivity index (χ4v) is 2.74. The summed E-state index contributed by atoms with van der Waals surface area (Å²) >= 11 is 0. The molecule has 1 rings (SSSR count). The zero-order valence-corrected chi connectivity index (χ0v) is 13.7. The molecule has 2 N–H and O–H groups in total. The summed E-state index contributed by atoms with van der Waals surface area (Å²) in [7, 11) is -0.743. The average Bonchev–Trinajstić information content (AvgIpc) is 2.81. The summed E-state index contributed by atoms with van der Waals surface area (Å²) in [6, 6.07) is 1.26. The van der Waals surface area contributed by atoms with Gasteiger partial charge in [0, 0.05) is 33.3 Å². The van der Waals surface area contributed by atoms with E-state index >= 15 is 0 Å². The van der Waals surface area contributed by atoms with Crippen molar-refractivity contribution in [1.82, 2.24) is 14.9 Å². The van der Waals surface area contributed by atoms with Gasteiger partial charge in [0.2, 0.25) is 10.0 Å². The van der Waals surface area contributed by atoms with Gasteiger partial charge in [-0.3, -0.25) is 4.79 Å². The standard InChI is InChI=1S/C13H23N3O4S/c1-5-6-14-7-8-15-13(17)11-9-12(10(2)20-11)21(18,19)16(3)4/h9,14H,5-8H2,1-4H3,(H,15,17). The van der Waals surface area contributed by atoms with Gasteiger partial charge in [0.05, 0.1) is 0 Å². The number of aryl methyl sites for hydroxylation is 1. The van der Waals surface area contributed by atoms with Crippen molar-refractivity contribution < 1.29 is 17.6 Å². The van der Waals surface area contributed by atoms with Crippen LogP contribution in [0.2, 0.25) is 0 Å². The third kappa shape index (κ3) is 4.55. The molecule has 0 aromatic carbocycles. The predicted molar refractivity (Wildman–Crippen MR) is 79.8 cm³/mol. The van der Waals surface area contributed by atoms with Gasteiger partial charge in [0.15, 0.2) is 5.76 Å². The zero-order valence-electron chi connectivity index (χ0n) is 12.9. The molecule has 0 saturated heterocycles. The van der Waals surface area contributed by atoms with Crippen LogP contribution in [0.15, 0.2) is 15.4 Å². The first-order valence-corrected chi connectivity index (χ1v) is 8.26. The molecule has 0 aliphatic heterocycles. The first-order valence-electron chi connectivity index (χ1n) is 6.82. The highest BCUT2D eigenvalue weighted by atomic mass is 32.2. The van der Waals surface area contributed by atoms with Crippen LogP contribution in [0.1, 0.15) is 29.7 Å². The van der Waals surface area contributed by atoms with Crippen LogP contribution in [0.25, 0.3) is 0 Å². The van der Waals surface area contributed by atoms with Crippen LogP contribution >= 0.6 is 0 Å². The number of amides is 1. The van der Waals surface area contributed by atoms with Gasteiger partial charge < -0.3 is 15.1 Å². The minimum Gasteiger partial charge on any atom is -0.455 e. The van der Waals surface area contributed by atoms with E-state index in [0.29, 0.717) is 13.1 Å². The van der Waals surface area contributed by atoms with E-state index in [1.165, 1.54) is 27.1 Å². The first kappa shape index (κ1) is 17.7. The third-order valence-corrected chi connectivity index (χ3v) is 4.79. The maximum absolute atomic E-state index is 12.0. The van der Waals surface area contributed by atoms with Crippen molar-refractivity contribution in [1.29, 1.82) is 0 Å². The molecule has 1 aromatic rings. The lowest BCUT2D eigenvalue weighted by atomic mass is 10.4. The Balaban J connectivity index is 2.71. The molecule has 1 amide bonds. The van der Waals surface area contributed by atoms with Crippen LogP contribution in [0.4, 0.5) is 0 Å². The van der Waals surface area contributed by atoms with Gasteiger partial charge in [0.1, 0.15) is 10.7 Å². The SMILES string of the molecule is CCCNCCNC(=O)c1cc(S(=O)(=O)N(C)C)c(C)o1. The van der Waals surface area contributed by atoms with Crippen molar-refractivity contribution in [3.8, 4) is 0 Å². The largest absolute Gasteiger partial charge is 0.455 e. The highest BCUT2D eigenvalue weighted by Gasteiger charge is 2.25. The molecule has 1 aromatic heterocycles. The van der Waals surface area contributed by atoms with E-state index in [0.717, 1.165) is 17.3 Å². The maximum atomic E-state index is 12.0. The number of carbonyl (C=O) groups is 1. The van der Waals surface area contributed by atoms with Gasteiger partial charge in [-0.15, -0.1) is 0 Å². The fraction of sp³-hybridized carbons (Fsp3) is 0.615. The molecule has 7 nitrogen and oxygen atoms in total. The first-order chi connectivity index (χ1) is 9.80. The van der Waals surface area contributed by atoms with E-state index in [9.17, 15) is 13.2 Å². The molecule has 120 valence electrons. The highest BCUT2D eigenvalue weighted by molar-refractivity contribution is 7.89. The van der Waals surface area contributed by atoms with Crippen LogP contribution in [0.5, 0.6) is 0 Å². The molecule has 0 aliphatic rings. The van der Waals surface area contributed by atoms with Crippen LogP contribution in [-0.4, -0.2) is 52.4 Å². The zero-order chi connectivity index (χ0) is 16.0. The second-order valence-electron chi connectivity index (χ2n) is 4.82. The average molecular weight is 317 g/mol. The lowest BCUT2D eigenvalue weighted by Gasteiger charge is -2.09. The summed E-state index contributed by atoms with van der Waals surface area (Å²) in [5.41, 5.74) is 0. The number of nitrogens with zero attached hydrogens (tertiary/aromatic N) is 1. The number of rotatable bonds is 8. The van der Waals surface area contributed by atoms with Gasteiger partial charge >= 0.3 is 0 Å². The second kappa shape index (κ2) is 7.58. The minimum atomic E-state index is -3.61. The topological polar surface area (TPSA) is 91.6 Å². The van der Waals surface area contributed by atoms with Gasteiger partial charge in [0.25, 0.3) is 5.91 Å². The molecular formula is C13H23N3O4S. The molecule has 0 unspecified atom stereocenters. The monoisotopic (exact) mass is 317 g/mol. The van der Waals surface area contributed by atoms with Gasteiger partial charge in [-0.25, -0.2) is 12.7 Å². The summed E-state index contributed by atoms with van der Waals surface area (Å²) in [5, 5.41) is 5.83. The number of furan rings is 1. The van der Waals surface area contributed by atoms with Crippen molar-refractivity contribution in [2.45, 2.75) is 25.2 Å². The quantitative estimate of drug-likeness (QED) is 0.684. The van der Waals surface area contributed by atoms with E-state index in [2.05, 4.69) is 17.6 Å². The Labute approximate surface area is 125 Å². The Kier molecular flexibility index (Phi) is 6.38. The molecule has 1 heterocycles. The van der Waals surface area contributed by atoms with Crippen molar-refractivity contribution >= 4 is 15.9 Å². The van der Waals surface area contributed by atoms with Crippen molar-refractivity contribution in [3.05, 3.63) is 17.6 Å². The molecule has 0 spiro atoms. The third-order valence-electron chi connectivity index (χ3n) is 2.87. The number of nitrogens with one attached hydrogen (secondary N) is 2. The van der Waals surface area contributed by atoms with Crippen molar-refractivity contribution in [2.75, 3.05) is 33.7 Å². The number of hydrogen-bond donors (Lipinski definition) is 2. The second-order valence-corrected chi connectivity index (χ2v) is 6.94. The summed E-state index contributed by atoms with van der Waals surface area (Å²) in [6.07, 6.45) is 1.02. The normalized spacial score (nSPS) is 11.9. The molecule has 0 saturated carbocycles. The van der Waals surface area contributed by atoms with E-state index in [1.807, 2.05) is 0 Å². The fourth-order valence-electron chi connectivity index (χ4n) is 1.68. The predicted octanol–water partition coefficient (Wildman–Crippen LogP) is 0.568. The molecular weight excluding hydrogens is 294 g/mol. The minimum absolute atomic E-state index is 0.00316. The Morgan fingerprint density at radius 3 is 2.52 bits per heavy atom.